The molecule has 10 rings (SSSR count). The fraction of sp³-hybridized carbons (Fsp3) is 0.706. The first kappa shape index (κ1) is 24.1. The fourth-order valence-corrected chi connectivity index (χ4v) is 11.7. The molecule has 8 saturated carbocycles. The Labute approximate surface area is 227 Å². The molecule has 38 heavy (non-hydrogen) atoms. The molecular formula is C34H44O4. The van der Waals surface area contributed by atoms with Crippen molar-refractivity contribution in [2.45, 2.75) is 87.9 Å². The molecular weight excluding hydrogens is 472 g/mol. The summed E-state index contributed by atoms with van der Waals surface area (Å²) < 4.78 is 12.6. The minimum absolute atomic E-state index is 0.000277. The maximum Gasteiger partial charge on any atom is 0.130 e. The van der Waals surface area contributed by atoms with Gasteiger partial charge in [0, 0.05) is 22.4 Å². The van der Waals surface area contributed by atoms with E-state index in [2.05, 4.69) is 24.3 Å². The Bertz CT molecular complexity index is 1160. The Kier molecular flexibility index (Phi) is 5.61. The molecule has 0 aliphatic heterocycles. The molecule has 0 radical (unpaired) electrons. The van der Waals surface area contributed by atoms with E-state index in [0.29, 0.717) is 12.0 Å². The summed E-state index contributed by atoms with van der Waals surface area (Å²) in [6.07, 6.45) is 16.5. The van der Waals surface area contributed by atoms with E-state index in [1.807, 2.05) is 0 Å². The van der Waals surface area contributed by atoms with Gasteiger partial charge in [-0.2, -0.15) is 0 Å². The van der Waals surface area contributed by atoms with Gasteiger partial charge in [-0.1, -0.05) is 12.1 Å². The molecule has 8 fully saturated rings. The van der Waals surface area contributed by atoms with Crippen LogP contribution < -0.4 is 9.47 Å². The van der Waals surface area contributed by atoms with Gasteiger partial charge >= 0.3 is 0 Å². The lowest BCUT2D eigenvalue weighted by molar-refractivity contribution is -0.00586. The van der Waals surface area contributed by atoms with E-state index in [1.54, 1.807) is 0 Å². The quantitative estimate of drug-likeness (QED) is 0.420. The SMILES string of the molecule is OCCOc1cc(OCCO)c2cc(C34CC5CC(CC(C5)C3)C4)ccc2c1C12CC3CC(CC(C3)C1)C2. The number of aliphatic hydroxyl groups excluding tert-OH is 2. The first-order valence-electron chi connectivity index (χ1n) is 15.7. The molecule has 0 amide bonds. The van der Waals surface area contributed by atoms with Crippen molar-refractivity contribution in [3.8, 4) is 11.5 Å². The van der Waals surface area contributed by atoms with E-state index in [9.17, 15) is 10.2 Å². The molecule has 0 spiro atoms. The smallest absolute Gasteiger partial charge is 0.130 e. The zero-order valence-corrected chi connectivity index (χ0v) is 22.8. The first-order chi connectivity index (χ1) is 18.6. The number of rotatable bonds is 8. The molecule has 0 aromatic heterocycles. The van der Waals surface area contributed by atoms with Crippen molar-refractivity contribution in [3.63, 3.8) is 0 Å². The highest BCUT2D eigenvalue weighted by Gasteiger charge is 2.54. The van der Waals surface area contributed by atoms with Gasteiger partial charge in [-0.3, -0.25) is 0 Å². The number of benzene rings is 2. The summed E-state index contributed by atoms with van der Waals surface area (Å²) in [4.78, 5) is 0. The predicted molar refractivity (Wildman–Crippen MR) is 149 cm³/mol. The molecule has 4 nitrogen and oxygen atoms in total. The molecule has 0 saturated heterocycles. The monoisotopic (exact) mass is 516 g/mol. The molecule has 2 aromatic carbocycles. The average Bonchev–Trinajstić information content (AvgIpc) is 2.88. The predicted octanol–water partition coefficient (Wildman–Crippen LogP) is 6.52. The van der Waals surface area contributed by atoms with Crippen molar-refractivity contribution in [1.29, 1.82) is 0 Å². The van der Waals surface area contributed by atoms with Crippen molar-refractivity contribution in [2.75, 3.05) is 26.4 Å². The van der Waals surface area contributed by atoms with Crippen molar-refractivity contribution in [1.82, 2.24) is 0 Å². The molecule has 0 heterocycles. The molecule has 204 valence electrons. The van der Waals surface area contributed by atoms with Crippen LogP contribution in [0.1, 0.15) is 88.2 Å². The van der Waals surface area contributed by atoms with Crippen LogP contribution in [0.5, 0.6) is 11.5 Å². The van der Waals surface area contributed by atoms with Crippen molar-refractivity contribution >= 4 is 10.8 Å². The minimum atomic E-state index is -0.000277. The van der Waals surface area contributed by atoms with Crippen LogP contribution in [0.15, 0.2) is 24.3 Å². The van der Waals surface area contributed by atoms with Gasteiger partial charge in [0.1, 0.15) is 24.7 Å². The van der Waals surface area contributed by atoms with Gasteiger partial charge in [-0.25, -0.2) is 0 Å². The molecule has 8 bridgehead atoms. The third kappa shape index (κ3) is 3.69. The summed E-state index contributed by atoms with van der Waals surface area (Å²) in [5.41, 5.74) is 3.44. The highest BCUT2D eigenvalue weighted by atomic mass is 16.5. The van der Waals surface area contributed by atoms with Crippen molar-refractivity contribution in [3.05, 3.63) is 35.4 Å². The lowest BCUT2D eigenvalue weighted by Crippen LogP contribution is -2.49. The van der Waals surface area contributed by atoms with Crippen LogP contribution in [-0.4, -0.2) is 36.6 Å². The normalized spacial score (nSPS) is 40.3. The number of aliphatic hydroxyl groups is 2. The number of fused-ring (bicyclic) bond motifs is 1. The van der Waals surface area contributed by atoms with Gasteiger partial charge in [0.2, 0.25) is 0 Å². The van der Waals surface area contributed by atoms with Gasteiger partial charge in [-0.05, 0) is 135 Å². The van der Waals surface area contributed by atoms with Gasteiger partial charge in [0.05, 0.1) is 13.2 Å². The summed E-state index contributed by atoms with van der Waals surface area (Å²) in [7, 11) is 0. The maximum absolute atomic E-state index is 9.68. The van der Waals surface area contributed by atoms with Crippen molar-refractivity contribution < 1.29 is 19.7 Å². The summed E-state index contributed by atoms with van der Waals surface area (Å²) in [6.45, 7) is 0.596. The first-order valence-corrected chi connectivity index (χ1v) is 15.7. The van der Waals surface area contributed by atoms with Crippen LogP contribution in [0.4, 0.5) is 0 Å². The summed E-state index contributed by atoms with van der Waals surface area (Å²) in [5, 5.41) is 21.8. The van der Waals surface area contributed by atoms with Gasteiger partial charge in [-0.15, -0.1) is 0 Å². The van der Waals surface area contributed by atoms with Crippen molar-refractivity contribution in [2.24, 2.45) is 35.5 Å². The zero-order chi connectivity index (χ0) is 25.5. The highest BCUT2D eigenvalue weighted by molar-refractivity contribution is 5.95. The van der Waals surface area contributed by atoms with E-state index >= 15 is 0 Å². The van der Waals surface area contributed by atoms with Crippen LogP contribution in [0.2, 0.25) is 0 Å². The third-order valence-corrected chi connectivity index (χ3v) is 12.0. The summed E-state index contributed by atoms with van der Waals surface area (Å²) >= 11 is 0. The van der Waals surface area contributed by atoms with Crippen LogP contribution in [0.25, 0.3) is 10.8 Å². The molecule has 8 aliphatic rings. The molecule has 0 atom stereocenters. The average molecular weight is 517 g/mol. The lowest BCUT2D eigenvalue weighted by Gasteiger charge is -2.57. The largest absolute Gasteiger partial charge is 0.491 e. The Morgan fingerprint density at radius 2 is 1.05 bits per heavy atom. The Balaban J connectivity index is 1.30. The van der Waals surface area contributed by atoms with Crippen LogP contribution >= 0.6 is 0 Å². The fourth-order valence-electron chi connectivity index (χ4n) is 11.7. The second-order valence-electron chi connectivity index (χ2n) is 14.5. The lowest BCUT2D eigenvalue weighted by atomic mass is 9.47. The standard InChI is InChI=1S/C34H44O4/c35-3-5-37-30-14-31(38-6-4-36)32(34-18-24-10-25(19-34)12-26(11-24)20-34)28-2-1-27(13-29(28)30)33-15-21-7-22(16-33)9-23(8-21)17-33/h1-2,13-14,21-26,35-36H,3-12,15-20H2. The maximum atomic E-state index is 9.68. The molecule has 2 N–H and O–H groups in total. The van der Waals surface area contributed by atoms with E-state index in [-0.39, 0.29) is 25.2 Å². The highest BCUT2D eigenvalue weighted by Crippen LogP contribution is 2.64. The van der Waals surface area contributed by atoms with E-state index in [0.717, 1.165) is 47.0 Å². The van der Waals surface area contributed by atoms with E-state index in [1.165, 1.54) is 98.9 Å². The second-order valence-corrected chi connectivity index (χ2v) is 14.5. The minimum Gasteiger partial charge on any atom is -0.491 e. The van der Waals surface area contributed by atoms with Gasteiger partial charge in [0.15, 0.2) is 0 Å². The second kappa shape index (κ2) is 8.86. The Morgan fingerprint density at radius 1 is 0.579 bits per heavy atom. The molecule has 4 heteroatoms. The Hall–Kier alpha value is -1.78. The third-order valence-electron chi connectivity index (χ3n) is 12.0. The number of hydrogen-bond acceptors (Lipinski definition) is 4. The van der Waals surface area contributed by atoms with E-state index < -0.39 is 0 Å². The summed E-state index contributed by atoms with van der Waals surface area (Å²) in [6, 6.07) is 9.51. The molecule has 2 aromatic rings. The van der Waals surface area contributed by atoms with Crippen LogP contribution in [0, 0.1) is 35.5 Å². The van der Waals surface area contributed by atoms with E-state index in [4.69, 9.17) is 9.47 Å². The van der Waals surface area contributed by atoms with Gasteiger partial charge in [0.25, 0.3) is 0 Å². The summed E-state index contributed by atoms with van der Waals surface area (Å²) in [5.74, 6) is 7.03. The number of ether oxygens (including phenoxy) is 2. The Morgan fingerprint density at radius 3 is 1.55 bits per heavy atom. The van der Waals surface area contributed by atoms with Crippen LogP contribution in [0.3, 0.4) is 0 Å². The zero-order valence-electron chi connectivity index (χ0n) is 22.8. The number of hydrogen-bond donors (Lipinski definition) is 2. The molecule has 8 aliphatic carbocycles. The topological polar surface area (TPSA) is 58.9 Å². The molecule has 0 unspecified atom stereocenters. The van der Waals surface area contributed by atoms with Gasteiger partial charge < -0.3 is 19.7 Å². The van der Waals surface area contributed by atoms with Crippen LogP contribution in [-0.2, 0) is 10.8 Å².